The largest absolute Gasteiger partial charge is 0.481 e. The van der Waals surface area contributed by atoms with Gasteiger partial charge in [-0.25, -0.2) is 4.79 Å². The second-order valence-electron chi connectivity index (χ2n) is 11.5. The van der Waals surface area contributed by atoms with Crippen LogP contribution in [0.4, 0.5) is 4.79 Å². The van der Waals surface area contributed by atoms with E-state index in [1.54, 1.807) is 6.20 Å². The van der Waals surface area contributed by atoms with Crippen LogP contribution in [0.1, 0.15) is 66.0 Å². The summed E-state index contributed by atoms with van der Waals surface area (Å²) >= 11 is 6.69. The Morgan fingerprint density at radius 3 is 2.43 bits per heavy atom. The van der Waals surface area contributed by atoms with Crippen LogP contribution in [0.5, 0.6) is 0 Å². The van der Waals surface area contributed by atoms with Gasteiger partial charge in [0.05, 0.1) is 17.5 Å². The third kappa shape index (κ3) is 5.66. The number of aryl methyl sites for hydroxylation is 1. The lowest BCUT2D eigenvalue weighted by Crippen LogP contribution is -2.58. The Kier molecular flexibility index (Phi) is 7.61. The summed E-state index contributed by atoms with van der Waals surface area (Å²) in [6.07, 6.45) is 3.67. The number of benzene rings is 1. The highest BCUT2D eigenvalue weighted by Crippen LogP contribution is 2.40. The van der Waals surface area contributed by atoms with Gasteiger partial charge in [-0.05, 0) is 53.9 Å². The molecule has 2 aliphatic heterocycles. The van der Waals surface area contributed by atoms with Gasteiger partial charge in [-0.1, -0.05) is 58.4 Å². The summed E-state index contributed by atoms with van der Waals surface area (Å²) in [5.41, 5.74) is 2.30. The van der Waals surface area contributed by atoms with Crippen molar-refractivity contribution in [3.63, 3.8) is 0 Å². The lowest BCUT2D eigenvalue weighted by Gasteiger charge is -2.44. The van der Waals surface area contributed by atoms with Crippen molar-refractivity contribution in [1.82, 2.24) is 15.1 Å². The van der Waals surface area contributed by atoms with Gasteiger partial charge in [-0.2, -0.15) is 0 Å². The molecule has 0 saturated carbocycles. The zero-order valence-electron chi connectivity index (χ0n) is 21.8. The fourth-order valence-electron chi connectivity index (χ4n) is 5.04. The number of likely N-dealkylation sites (tertiary alicyclic amines) is 1. The molecule has 0 spiro atoms. The lowest BCUT2D eigenvalue weighted by molar-refractivity contribution is -0.142. The highest BCUT2D eigenvalue weighted by atomic mass is 35.5. The molecule has 1 aromatic rings. The molecule has 2 aliphatic rings. The van der Waals surface area contributed by atoms with Crippen LogP contribution >= 0.6 is 11.6 Å². The minimum absolute atomic E-state index is 0.0658. The minimum Gasteiger partial charge on any atom is -0.481 e. The Labute approximate surface area is 213 Å². The highest BCUT2D eigenvalue weighted by molar-refractivity contribution is 6.31. The van der Waals surface area contributed by atoms with E-state index in [1.807, 2.05) is 39.0 Å². The monoisotopic (exact) mass is 503 g/mol. The first-order valence-corrected chi connectivity index (χ1v) is 12.6. The molecule has 0 radical (unpaired) electrons. The number of nitrogens with zero attached hydrogens (tertiary/aromatic N) is 2. The van der Waals surface area contributed by atoms with Crippen LogP contribution in [0.25, 0.3) is 0 Å². The minimum atomic E-state index is -1.02. The molecule has 1 aromatic carbocycles. The van der Waals surface area contributed by atoms with E-state index < -0.39 is 23.5 Å². The Balaban J connectivity index is 1.97. The van der Waals surface area contributed by atoms with Crippen LogP contribution in [0.3, 0.4) is 0 Å². The molecular weight excluding hydrogens is 466 g/mol. The number of urea groups is 1. The summed E-state index contributed by atoms with van der Waals surface area (Å²) in [6.45, 7) is 14.4. The summed E-state index contributed by atoms with van der Waals surface area (Å²) in [7, 11) is 0. The zero-order valence-corrected chi connectivity index (χ0v) is 22.6. The Morgan fingerprint density at radius 2 is 1.91 bits per heavy atom. The number of halogens is 1. The fraction of sp³-hybridized carbons (Fsp3) is 0.593. The van der Waals surface area contributed by atoms with Crippen molar-refractivity contribution in [1.29, 1.82) is 0 Å². The van der Waals surface area contributed by atoms with Crippen LogP contribution in [-0.2, 0) is 21.5 Å². The highest BCUT2D eigenvalue weighted by Gasteiger charge is 2.47. The molecule has 8 heteroatoms. The third-order valence-corrected chi connectivity index (χ3v) is 7.60. The van der Waals surface area contributed by atoms with Crippen molar-refractivity contribution in [2.24, 2.45) is 17.3 Å². The van der Waals surface area contributed by atoms with E-state index in [1.165, 1.54) is 16.7 Å². The molecule has 0 aromatic heterocycles. The number of nitrogens with one attached hydrogen (secondary N) is 1. The number of carboxylic acids is 1. The first kappa shape index (κ1) is 27.1. The number of carbonyl (C=O) groups is 3. The van der Waals surface area contributed by atoms with Crippen molar-refractivity contribution in [3.8, 4) is 0 Å². The topological polar surface area (TPSA) is 89.9 Å². The Morgan fingerprint density at radius 1 is 1.26 bits per heavy atom. The van der Waals surface area contributed by atoms with Crippen LogP contribution in [-0.4, -0.2) is 51.9 Å². The number of rotatable bonds is 6. The molecule has 3 rings (SSSR count). The molecule has 2 heterocycles. The molecule has 3 atom stereocenters. The van der Waals surface area contributed by atoms with E-state index in [-0.39, 0.29) is 36.4 Å². The molecule has 0 bridgehead atoms. The molecule has 35 heavy (non-hydrogen) atoms. The van der Waals surface area contributed by atoms with E-state index >= 15 is 0 Å². The van der Waals surface area contributed by atoms with Gasteiger partial charge in [0, 0.05) is 31.2 Å². The molecule has 3 amide bonds. The molecule has 0 aliphatic carbocycles. The average molecular weight is 504 g/mol. The number of hydrogen-bond acceptors (Lipinski definition) is 3. The van der Waals surface area contributed by atoms with Gasteiger partial charge in [0.15, 0.2) is 0 Å². The maximum absolute atomic E-state index is 13.4. The summed E-state index contributed by atoms with van der Waals surface area (Å²) in [4.78, 5) is 40.2. The van der Waals surface area contributed by atoms with E-state index in [9.17, 15) is 19.5 Å². The fourth-order valence-corrected chi connectivity index (χ4v) is 5.31. The van der Waals surface area contributed by atoms with Gasteiger partial charge in [0.1, 0.15) is 0 Å². The third-order valence-electron chi connectivity index (χ3n) is 7.25. The zero-order chi connectivity index (χ0) is 26.3. The quantitative estimate of drug-likeness (QED) is 0.569. The normalized spacial score (nSPS) is 25.1. The second kappa shape index (κ2) is 9.84. The number of amides is 3. The van der Waals surface area contributed by atoms with E-state index in [0.717, 1.165) is 29.5 Å². The summed E-state index contributed by atoms with van der Waals surface area (Å²) < 4.78 is 0. The van der Waals surface area contributed by atoms with Crippen LogP contribution in [0.15, 0.2) is 30.0 Å². The van der Waals surface area contributed by atoms with Gasteiger partial charge >= 0.3 is 12.0 Å². The molecule has 2 unspecified atom stereocenters. The predicted molar refractivity (Wildman–Crippen MR) is 137 cm³/mol. The van der Waals surface area contributed by atoms with Gasteiger partial charge in [-0.15, -0.1) is 0 Å². The Bertz CT molecular complexity index is 1050. The van der Waals surface area contributed by atoms with E-state index in [4.69, 9.17) is 11.6 Å². The molecular formula is C27H38ClN3O4. The molecule has 7 nitrogen and oxygen atoms in total. The summed E-state index contributed by atoms with van der Waals surface area (Å²) in [6, 6.07) is 4.96. The first-order valence-electron chi connectivity index (χ1n) is 12.2. The average Bonchev–Trinajstić information content (AvgIpc) is 3.18. The van der Waals surface area contributed by atoms with Crippen molar-refractivity contribution in [2.75, 3.05) is 13.1 Å². The number of hydrogen-bond donors (Lipinski definition) is 2. The van der Waals surface area contributed by atoms with Gasteiger partial charge < -0.3 is 15.3 Å². The molecule has 2 N–H and O–H groups in total. The van der Waals surface area contributed by atoms with Gasteiger partial charge in [0.2, 0.25) is 5.91 Å². The van der Waals surface area contributed by atoms with Crippen LogP contribution in [0, 0.1) is 17.3 Å². The standard InChI is InChI=1S/C27H38ClN3O4/c1-16(2)21-14-31(23-15-30(17(3)32)13-20(23)24(33)34)25(35)29-27(21,7)19-9-8-18(22(28)12-19)10-11-26(4,5)6/h8-9,12,14,16,20,23H,10-11,13,15H2,1-7H3,(H,29,35)(H,33,34)/t20?,23?,27-/m0/s1. The van der Waals surface area contributed by atoms with Crippen LogP contribution in [0.2, 0.25) is 5.02 Å². The van der Waals surface area contributed by atoms with Crippen molar-refractivity contribution >= 4 is 29.5 Å². The predicted octanol–water partition coefficient (Wildman–Crippen LogP) is 5.03. The summed E-state index contributed by atoms with van der Waals surface area (Å²) in [5, 5.41) is 13.6. The summed E-state index contributed by atoms with van der Waals surface area (Å²) in [5.74, 6) is -2.00. The number of carbonyl (C=O) groups excluding carboxylic acids is 2. The maximum atomic E-state index is 13.4. The van der Waals surface area contributed by atoms with E-state index in [2.05, 4.69) is 26.1 Å². The van der Waals surface area contributed by atoms with E-state index in [0.29, 0.717) is 5.02 Å². The smallest absolute Gasteiger partial charge is 0.322 e. The van der Waals surface area contributed by atoms with Crippen molar-refractivity contribution in [3.05, 3.63) is 46.1 Å². The first-order chi connectivity index (χ1) is 16.1. The Hall–Kier alpha value is -2.54. The van der Waals surface area contributed by atoms with Crippen molar-refractivity contribution in [2.45, 2.75) is 72.9 Å². The van der Waals surface area contributed by atoms with Gasteiger partial charge in [-0.3, -0.25) is 14.5 Å². The number of aliphatic carboxylic acids is 1. The van der Waals surface area contributed by atoms with Gasteiger partial charge in [0.25, 0.3) is 0 Å². The number of carboxylic acid groups (broad SMARTS) is 1. The van der Waals surface area contributed by atoms with Crippen LogP contribution < -0.4 is 5.32 Å². The molecule has 1 fully saturated rings. The van der Waals surface area contributed by atoms with Crippen molar-refractivity contribution < 1.29 is 19.5 Å². The molecule has 192 valence electrons. The maximum Gasteiger partial charge on any atom is 0.322 e. The SMILES string of the molecule is CC(=O)N1CC(C(=O)O)C(N2C=C(C(C)C)[C@](C)(c3ccc(CCC(C)(C)C)c(Cl)c3)NC2=O)C1. The molecule has 1 saturated heterocycles. The second-order valence-corrected chi connectivity index (χ2v) is 11.9. The lowest BCUT2D eigenvalue weighted by atomic mass is 9.77.